The predicted octanol–water partition coefficient (Wildman–Crippen LogP) is 2.10. The highest BCUT2D eigenvalue weighted by atomic mass is 32.2. The Morgan fingerprint density at radius 1 is 1.09 bits per heavy atom. The van der Waals surface area contributed by atoms with Gasteiger partial charge in [-0.1, -0.05) is 13.3 Å². The van der Waals surface area contributed by atoms with Crippen LogP contribution >= 0.6 is 0 Å². The zero-order valence-electron chi connectivity index (χ0n) is 25.1. The molecular formula is C28H38N6O8S. The van der Waals surface area contributed by atoms with Gasteiger partial charge in [0.05, 0.1) is 22.8 Å². The summed E-state index contributed by atoms with van der Waals surface area (Å²) in [7, 11) is -0.0351. The Bertz CT molecular complexity index is 1650. The van der Waals surface area contributed by atoms with Crippen LogP contribution in [0.2, 0.25) is 0 Å². The van der Waals surface area contributed by atoms with E-state index in [1.165, 1.54) is 8.99 Å². The van der Waals surface area contributed by atoms with Gasteiger partial charge < -0.3 is 19.9 Å². The van der Waals surface area contributed by atoms with Crippen molar-refractivity contribution in [3.8, 4) is 17.1 Å². The number of nitrogens with zero attached hydrogens (tertiary/aromatic N) is 5. The van der Waals surface area contributed by atoms with Crippen LogP contribution in [0.15, 0.2) is 40.0 Å². The Balaban J connectivity index is 0.000000557. The molecule has 1 aliphatic heterocycles. The van der Waals surface area contributed by atoms with Crippen molar-refractivity contribution in [3.05, 3.63) is 46.4 Å². The third-order valence-corrected chi connectivity index (χ3v) is 8.92. The van der Waals surface area contributed by atoms with Crippen molar-refractivity contribution in [3.63, 3.8) is 0 Å². The first-order chi connectivity index (χ1) is 20.2. The summed E-state index contributed by atoms with van der Waals surface area (Å²) < 4.78 is 36.1. The maximum Gasteiger partial charge on any atom is 0.328 e. The maximum absolute atomic E-state index is 13.6. The van der Waals surface area contributed by atoms with Crippen LogP contribution in [-0.2, 0) is 33.1 Å². The number of benzene rings is 1. The molecule has 3 heterocycles. The van der Waals surface area contributed by atoms with E-state index in [0.717, 1.165) is 12.1 Å². The highest BCUT2D eigenvalue weighted by molar-refractivity contribution is 7.89. The van der Waals surface area contributed by atoms with Crippen LogP contribution in [0.3, 0.4) is 0 Å². The molecule has 0 bridgehead atoms. The summed E-state index contributed by atoms with van der Waals surface area (Å²) in [4.78, 5) is 42.0. The monoisotopic (exact) mass is 618 g/mol. The van der Waals surface area contributed by atoms with Crippen molar-refractivity contribution in [1.82, 2.24) is 29.0 Å². The second-order valence-electron chi connectivity index (χ2n) is 10.2. The number of sulfonamides is 1. The van der Waals surface area contributed by atoms with Gasteiger partial charge in [0.1, 0.15) is 17.1 Å². The van der Waals surface area contributed by atoms with Gasteiger partial charge >= 0.3 is 11.9 Å². The summed E-state index contributed by atoms with van der Waals surface area (Å²) in [5.74, 6) is -1.80. The van der Waals surface area contributed by atoms with Crippen molar-refractivity contribution in [2.45, 2.75) is 57.5 Å². The molecular weight excluding hydrogens is 580 g/mol. The van der Waals surface area contributed by atoms with Gasteiger partial charge in [-0.3, -0.25) is 14.4 Å². The van der Waals surface area contributed by atoms with Gasteiger partial charge in [0.25, 0.3) is 5.56 Å². The average molecular weight is 619 g/mol. The Hall–Kier alpha value is -4.08. The SMILES string of the molecule is CCCc1nn(C)c2c(=O)[nH]c(-c3cc(S(=O)(=O)N4C[C@@H](C)N(C)[C@@H](C)C4)ccc3OCC)nc12.O=C(O)/C=C/C(=O)O. The number of ether oxygens (including phenoxy) is 1. The molecule has 0 spiro atoms. The molecule has 15 heteroatoms. The molecule has 0 amide bonds. The van der Waals surface area contributed by atoms with Gasteiger partial charge in [-0.15, -0.1) is 0 Å². The van der Waals surface area contributed by atoms with Crippen molar-refractivity contribution < 1.29 is 33.0 Å². The van der Waals surface area contributed by atoms with E-state index < -0.39 is 22.0 Å². The van der Waals surface area contributed by atoms with Gasteiger partial charge in [0, 0.05) is 44.4 Å². The van der Waals surface area contributed by atoms with E-state index in [0.29, 0.717) is 60.6 Å². The predicted molar refractivity (Wildman–Crippen MR) is 160 cm³/mol. The van der Waals surface area contributed by atoms with Crippen LogP contribution in [0.4, 0.5) is 0 Å². The lowest BCUT2D eigenvalue weighted by atomic mass is 10.1. The fourth-order valence-corrected chi connectivity index (χ4v) is 6.39. The zero-order valence-corrected chi connectivity index (χ0v) is 25.9. The van der Waals surface area contributed by atoms with Crippen LogP contribution in [0.1, 0.15) is 39.8 Å². The van der Waals surface area contributed by atoms with E-state index in [1.54, 1.807) is 25.2 Å². The lowest BCUT2D eigenvalue weighted by Gasteiger charge is -2.41. The largest absolute Gasteiger partial charge is 0.493 e. The molecule has 0 saturated carbocycles. The first kappa shape index (κ1) is 33.4. The molecule has 0 unspecified atom stereocenters. The number of carbonyl (C=O) groups is 2. The number of aliphatic carboxylic acids is 2. The van der Waals surface area contributed by atoms with Crippen LogP contribution in [0.5, 0.6) is 5.75 Å². The summed E-state index contributed by atoms with van der Waals surface area (Å²) >= 11 is 0. The van der Waals surface area contributed by atoms with Crippen LogP contribution in [0.25, 0.3) is 22.4 Å². The van der Waals surface area contributed by atoms with Gasteiger partial charge in [0.15, 0.2) is 5.52 Å². The van der Waals surface area contributed by atoms with Crippen molar-refractivity contribution in [1.29, 1.82) is 0 Å². The van der Waals surface area contributed by atoms with E-state index in [4.69, 9.17) is 19.9 Å². The Kier molecular flexibility index (Phi) is 10.8. The summed E-state index contributed by atoms with van der Waals surface area (Å²) in [6.07, 6.45) is 2.65. The molecule has 1 saturated heterocycles. The molecule has 0 aliphatic carbocycles. The van der Waals surface area contributed by atoms with Crippen molar-refractivity contribution >= 4 is 33.0 Å². The number of carboxylic acids is 2. The van der Waals surface area contributed by atoms with E-state index >= 15 is 0 Å². The molecule has 4 rings (SSSR count). The number of rotatable bonds is 9. The first-order valence-electron chi connectivity index (χ1n) is 13.8. The molecule has 14 nitrogen and oxygen atoms in total. The number of carboxylic acid groups (broad SMARTS) is 2. The third-order valence-electron chi connectivity index (χ3n) is 7.09. The smallest absolute Gasteiger partial charge is 0.328 e. The second kappa shape index (κ2) is 13.9. The molecule has 3 aromatic rings. The molecule has 0 radical (unpaired) electrons. The molecule has 234 valence electrons. The normalized spacial score (nSPS) is 18.0. The zero-order chi connectivity index (χ0) is 32.1. The van der Waals surface area contributed by atoms with E-state index in [-0.39, 0.29) is 28.4 Å². The van der Waals surface area contributed by atoms with Crippen LogP contribution < -0.4 is 10.3 Å². The molecule has 1 aromatic carbocycles. The highest BCUT2D eigenvalue weighted by Gasteiger charge is 2.35. The Morgan fingerprint density at radius 2 is 1.70 bits per heavy atom. The summed E-state index contributed by atoms with van der Waals surface area (Å²) in [6.45, 7) is 9.12. The lowest BCUT2D eigenvalue weighted by molar-refractivity contribution is -0.134. The number of piperazine rings is 1. The van der Waals surface area contributed by atoms with Gasteiger partial charge in [-0.05, 0) is 52.4 Å². The number of H-pyrrole nitrogens is 1. The van der Waals surface area contributed by atoms with E-state index in [2.05, 4.69) is 15.0 Å². The molecule has 1 fully saturated rings. The minimum absolute atomic E-state index is 0.0960. The minimum Gasteiger partial charge on any atom is -0.493 e. The number of hydrogen-bond acceptors (Lipinski definition) is 9. The number of hydrogen-bond donors (Lipinski definition) is 3. The standard InChI is InChI=1S/C24H34N6O4S.C4H4O4/c1-7-9-19-21-22(29(6)27-19)24(31)26-23(25-21)18-12-17(10-11-20(18)34-8-2)35(32,33)30-13-15(3)28(5)16(4)14-30;5-3(6)1-2-4(7)8/h10-12,15-16H,7-9,13-14H2,1-6H3,(H,25,26,31);1-2H,(H,5,6)(H,7,8)/b;2-1+/t15-,16+;. The van der Waals surface area contributed by atoms with Gasteiger partial charge in [-0.25, -0.2) is 23.0 Å². The molecule has 1 aliphatic rings. The molecule has 2 atom stereocenters. The average Bonchev–Trinajstić information content (AvgIpc) is 3.26. The molecule has 43 heavy (non-hydrogen) atoms. The minimum atomic E-state index is -3.76. The lowest BCUT2D eigenvalue weighted by Crippen LogP contribution is -2.56. The quantitative estimate of drug-likeness (QED) is 0.298. The fraction of sp³-hybridized carbons (Fsp3) is 0.464. The van der Waals surface area contributed by atoms with Crippen LogP contribution in [-0.4, -0.2) is 98.4 Å². The highest BCUT2D eigenvalue weighted by Crippen LogP contribution is 2.33. The van der Waals surface area contributed by atoms with Crippen molar-refractivity contribution in [2.24, 2.45) is 7.05 Å². The number of aromatic nitrogens is 4. The topological polar surface area (TPSA) is 188 Å². The number of aromatic amines is 1. The summed E-state index contributed by atoms with van der Waals surface area (Å²) in [5.41, 5.74) is 1.73. The maximum atomic E-state index is 13.6. The van der Waals surface area contributed by atoms with Crippen LogP contribution in [0, 0.1) is 0 Å². The fourth-order valence-electron chi connectivity index (χ4n) is 4.76. The van der Waals surface area contributed by atoms with Gasteiger partial charge in [-0.2, -0.15) is 9.40 Å². The van der Waals surface area contributed by atoms with E-state index in [1.807, 2.05) is 34.7 Å². The third kappa shape index (κ3) is 7.66. The Labute approximate surface area is 249 Å². The number of fused-ring (bicyclic) bond motifs is 1. The Morgan fingerprint density at radius 3 is 2.23 bits per heavy atom. The summed E-state index contributed by atoms with van der Waals surface area (Å²) in [5, 5.41) is 20.1. The number of aryl methyl sites for hydroxylation is 2. The molecule has 3 N–H and O–H groups in total. The van der Waals surface area contributed by atoms with Gasteiger partial charge in [0.2, 0.25) is 10.0 Å². The summed E-state index contributed by atoms with van der Waals surface area (Å²) in [6, 6.07) is 4.93. The first-order valence-corrected chi connectivity index (χ1v) is 15.2. The second-order valence-corrected chi connectivity index (χ2v) is 12.2. The number of likely N-dealkylation sites (N-methyl/N-ethyl adjacent to an activating group) is 1. The van der Waals surface area contributed by atoms with E-state index in [9.17, 15) is 22.8 Å². The molecule has 2 aromatic heterocycles. The number of nitrogens with one attached hydrogen (secondary N) is 1. The van der Waals surface area contributed by atoms with Crippen molar-refractivity contribution in [2.75, 3.05) is 26.7 Å².